The van der Waals surface area contributed by atoms with E-state index in [0.717, 1.165) is 11.1 Å². The molecule has 1 nitrogen and oxygen atoms in total. The van der Waals surface area contributed by atoms with Crippen molar-refractivity contribution in [2.24, 2.45) is 0 Å². The second-order valence-corrected chi connectivity index (χ2v) is 4.08. The fourth-order valence-corrected chi connectivity index (χ4v) is 1.96. The summed E-state index contributed by atoms with van der Waals surface area (Å²) < 4.78 is 0. The number of hydrogen-bond donors (Lipinski definition) is 0. The summed E-state index contributed by atoms with van der Waals surface area (Å²) in [6.45, 7) is 0. The molecule has 16 heavy (non-hydrogen) atoms. The van der Waals surface area contributed by atoms with E-state index in [9.17, 15) is 4.79 Å². The van der Waals surface area contributed by atoms with Gasteiger partial charge in [0.15, 0.2) is 0 Å². The molecule has 0 aromatic heterocycles. The van der Waals surface area contributed by atoms with E-state index in [2.05, 4.69) is 0 Å². The lowest BCUT2D eigenvalue weighted by Gasteiger charge is -2.04. The molecule has 2 rings (SSSR count). The third-order valence-electron chi connectivity index (χ3n) is 2.29. The van der Waals surface area contributed by atoms with Crippen LogP contribution >= 0.6 is 23.2 Å². The van der Waals surface area contributed by atoms with E-state index in [0.29, 0.717) is 10.6 Å². The Balaban J connectivity index is 2.46. The molecule has 0 bridgehead atoms. The maximum absolute atomic E-state index is 11.0. The van der Waals surface area contributed by atoms with Gasteiger partial charge in [0.2, 0.25) is 0 Å². The molecular formula is C13H8Cl2O. The highest BCUT2D eigenvalue weighted by molar-refractivity contribution is 6.68. The lowest BCUT2D eigenvalue weighted by Crippen LogP contribution is -1.90. The van der Waals surface area contributed by atoms with Crippen LogP contribution in [0.25, 0.3) is 11.1 Å². The number of carbonyl (C=O) groups is 1. The third kappa shape index (κ3) is 2.26. The maximum Gasteiger partial charge on any atom is 0.253 e. The van der Waals surface area contributed by atoms with Crippen LogP contribution in [0.4, 0.5) is 0 Å². The molecule has 2 aromatic carbocycles. The van der Waals surface area contributed by atoms with E-state index in [1.54, 1.807) is 12.1 Å². The van der Waals surface area contributed by atoms with Gasteiger partial charge < -0.3 is 0 Å². The molecule has 2 aromatic rings. The molecule has 0 atom stereocenters. The van der Waals surface area contributed by atoms with Crippen LogP contribution in [0, 0.1) is 0 Å². The molecule has 0 unspecified atom stereocenters. The third-order valence-corrected chi connectivity index (χ3v) is 2.80. The molecule has 0 radical (unpaired) electrons. The monoisotopic (exact) mass is 250 g/mol. The molecule has 3 heteroatoms. The first kappa shape index (κ1) is 11.2. The van der Waals surface area contributed by atoms with Crippen LogP contribution in [0.3, 0.4) is 0 Å². The average molecular weight is 251 g/mol. The Labute approximate surface area is 104 Å². The summed E-state index contributed by atoms with van der Waals surface area (Å²) in [5, 5.41) is -0.161. The number of halogens is 2. The Morgan fingerprint density at radius 2 is 1.62 bits per heavy atom. The van der Waals surface area contributed by atoms with E-state index in [-0.39, 0.29) is 0 Å². The van der Waals surface area contributed by atoms with E-state index in [1.165, 1.54) is 0 Å². The zero-order valence-electron chi connectivity index (χ0n) is 8.28. The Morgan fingerprint density at radius 3 is 2.19 bits per heavy atom. The van der Waals surface area contributed by atoms with Crippen LogP contribution in [0.2, 0.25) is 5.02 Å². The van der Waals surface area contributed by atoms with Crippen molar-refractivity contribution >= 4 is 28.4 Å². The zero-order valence-corrected chi connectivity index (χ0v) is 9.79. The molecule has 0 spiro atoms. The van der Waals surface area contributed by atoms with Gasteiger partial charge in [0, 0.05) is 0 Å². The standard InChI is InChI=1S/C13H8Cl2O/c14-12-8-10(6-7-11(12)13(15)16)9-4-2-1-3-5-9/h1-8H. The minimum atomic E-state index is -0.537. The molecular weight excluding hydrogens is 243 g/mol. The predicted octanol–water partition coefficient (Wildman–Crippen LogP) is 4.39. The molecule has 0 aliphatic carbocycles. The molecule has 0 N–H and O–H groups in total. The molecule has 0 aliphatic rings. The Bertz CT molecular complexity index is 521. The van der Waals surface area contributed by atoms with Crippen molar-refractivity contribution in [3.63, 3.8) is 0 Å². The summed E-state index contributed by atoms with van der Waals surface area (Å²) in [5.41, 5.74) is 2.35. The normalized spacial score (nSPS) is 10.1. The topological polar surface area (TPSA) is 17.1 Å². The van der Waals surface area contributed by atoms with Gasteiger partial charge in [-0.1, -0.05) is 48.0 Å². The van der Waals surface area contributed by atoms with Gasteiger partial charge in [0.1, 0.15) is 0 Å². The van der Waals surface area contributed by atoms with Crippen LogP contribution in [0.5, 0.6) is 0 Å². The van der Waals surface area contributed by atoms with Crippen LogP contribution < -0.4 is 0 Å². The number of carbonyl (C=O) groups excluding carboxylic acids is 1. The highest BCUT2D eigenvalue weighted by Gasteiger charge is 2.08. The van der Waals surface area contributed by atoms with Crippen molar-refractivity contribution in [1.82, 2.24) is 0 Å². The molecule has 0 heterocycles. The Kier molecular flexibility index (Phi) is 3.28. The molecule has 0 amide bonds. The van der Waals surface area contributed by atoms with Crippen LogP contribution in [0.1, 0.15) is 10.4 Å². The average Bonchev–Trinajstić information content (AvgIpc) is 2.29. The number of rotatable bonds is 2. The summed E-state index contributed by atoms with van der Waals surface area (Å²) in [6.07, 6.45) is 0. The summed E-state index contributed by atoms with van der Waals surface area (Å²) >= 11 is 11.4. The number of hydrogen-bond acceptors (Lipinski definition) is 1. The minimum Gasteiger partial charge on any atom is -0.276 e. The smallest absolute Gasteiger partial charge is 0.253 e. The van der Waals surface area contributed by atoms with Crippen LogP contribution in [-0.4, -0.2) is 5.24 Å². The van der Waals surface area contributed by atoms with Crippen molar-refractivity contribution in [1.29, 1.82) is 0 Å². The van der Waals surface area contributed by atoms with E-state index >= 15 is 0 Å². The molecule has 0 aliphatic heterocycles. The highest BCUT2D eigenvalue weighted by Crippen LogP contribution is 2.26. The lowest BCUT2D eigenvalue weighted by molar-refractivity contribution is 0.108. The van der Waals surface area contributed by atoms with E-state index in [1.807, 2.05) is 36.4 Å². The minimum absolute atomic E-state index is 0.336. The van der Waals surface area contributed by atoms with Gasteiger partial charge in [-0.05, 0) is 34.9 Å². The van der Waals surface area contributed by atoms with Crippen LogP contribution in [-0.2, 0) is 0 Å². The van der Waals surface area contributed by atoms with Gasteiger partial charge in [-0.2, -0.15) is 0 Å². The van der Waals surface area contributed by atoms with E-state index in [4.69, 9.17) is 23.2 Å². The second-order valence-electron chi connectivity index (χ2n) is 3.33. The summed E-state index contributed by atoms with van der Waals surface area (Å²) in [4.78, 5) is 11.0. The van der Waals surface area contributed by atoms with Gasteiger partial charge in [-0.25, -0.2) is 0 Å². The van der Waals surface area contributed by atoms with Gasteiger partial charge in [0.05, 0.1) is 10.6 Å². The van der Waals surface area contributed by atoms with E-state index < -0.39 is 5.24 Å². The van der Waals surface area contributed by atoms with Crippen molar-refractivity contribution in [2.45, 2.75) is 0 Å². The quantitative estimate of drug-likeness (QED) is 0.723. The highest BCUT2D eigenvalue weighted by atomic mass is 35.5. The second kappa shape index (κ2) is 4.69. The largest absolute Gasteiger partial charge is 0.276 e. The fourth-order valence-electron chi connectivity index (χ4n) is 1.48. The summed E-state index contributed by atoms with van der Waals surface area (Å²) in [6, 6.07) is 15.0. The SMILES string of the molecule is O=C(Cl)c1ccc(-c2ccccc2)cc1Cl. The molecule has 0 saturated carbocycles. The first-order chi connectivity index (χ1) is 7.68. The van der Waals surface area contributed by atoms with Gasteiger partial charge in [0.25, 0.3) is 5.24 Å². The molecule has 0 saturated heterocycles. The van der Waals surface area contributed by atoms with Crippen molar-refractivity contribution < 1.29 is 4.79 Å². The fraction of sp³-hybridized carbons (Fsp3) is 0. The van der Waals surface area contributed by atoms with Gasteiger partial charge in [-0.3, -0.25) is 4.79 Å². The lowest BCUT2D eigenvalue weighted by atomic mass is 10.0. The van der Waals surface area contributed by atoms with Crippen LogP contribution in [0.15, 0.2) is 48.5 Å². The van der Waals surface area contributed by atoms with Crippen molar-refractivity contribution in [3.05, 3.63) is 59.1 Å². The first-order valence-electron chi connectivity index (χ1n) is 4.73. The van der Waals surface area contributed by atoms with Gasteiger partial charge in [-0.15, -0.1) is 0 Å². The zero-order chi connectivity index (χ0) is 11.5. The van der Waals surface area contributed by atoms with Crippen molar-refractivity contribution in [2.75, 3.05) is 0 Å². The number of benzene rings is 2. The Morgan fingerprint density at radius 1 is 0.938 bits per heavy atom. The summed E-state index contributed by atoms with van der Waals surface area (Å²) in [7, 11) is 0. The Hall–Kier alpha value is -1.31. The predicted molar refractivity (Wildman–Crippen MR) is 67.1 cm³/mol. The van der Waals surface area contributed by atoms with Crippen molar-refractivity contribution in [3.8, 4) is 11.1 Å². The first-order valence-corrected chi connectivity index (χ1v) is 5.49. The maximum atomic E-state index is 11.0. The summed E-state index contributed by atoms with van der Waals surface area (Å²) in [5.74, 6) is 0. The van der Waals surface area contributed by atoms with Gasteiger partial charge >= 0.3 is 0 Å². The molecule has 0 fully saturated rings. The molecule has 80 valence electrons.